The molecule has 1 saturated heterocycles. The molecule has 4 heterocycles. The van der Waals surface area contributed by atoms with E-state index in [0.717, 1.165) is 27.3 Å². The van der Waals surface area contributed by atoms with Crippen LogP contribution in [0.3, 0.4) is 0 Å². The molecule has 2 unspecified atom stereocenters. The molecule has 0 bridgehead atoms. The summed E-state index contributed by atoms with van der Waals surface area (Å²) in [6, 6.07) is 9.10. The van der Waals surface area contributed by atoms with E-state index in [9.17, 15) is 14.7 Å². The number of aromatic nitrogens is 2. The molecule has 12 heteroatoms. The maximum absolute atomic E-state index is 13.8. The molecule has 0 spiro atoms. The number of likely N-dealkylation sites (tertiary alicyclic amines) is 1. The normalized spacial score (nSPS) is 24.0. The summed E-state index contributed by atoms with van der Waals surface area (Å²) in [6.45, 7) is 7.86. The van der Waals surface area contributed by atoms with E-state index in [4.69, 9.17) is 4.52 Å². The molecule has 1 fully saturated rings. The minimum atomic E-state index is -1.07. The van der Waals surface area contributed by atoms with E-state index in [-0.39, 0.29) is 24.3 Å². The molecule has 5 rings (SSSR count). The molecule has 2 aromatic heterocycles. The number of benzene rings is 1. The maximum Gasteiger partial charge on any atom is 0.277 e. The van der Waals surface area contributed by atoms with Gasteiger partial charge < -0.3 is 19.8 Å². The number of β-amino-alcohol motifs (C(OH)–C–C–N with tert-alkyl or cyclic N) is 1. The summed E-state index contributed by atoms with van der Waals surface area (Å²) in [5, 5.41) is 18.0. The Balaban J connectivity index is 1.39. The lowest BCUT2D eigenvalue weighted by Crippen LogP contribution is -2.51. The first-order valence-corrected chi connectivity index (χ1v) is 13.9. The Labute approximate surface area is 227 Å². The SMILES string of the molecule is BBc1cc(C(C(=O)N2C[C@H](O)CC2C2=NC(=O)[C@](C)(c3ccc(-c4scnc4C)cc3)N2)C(C)C)on1. The molecule has 0 aliphatic carbocycles. The van der Waals surface area contributed by atoms with Crippen molar-refractivity contribution in [2.75, 3.05) is 6.54 Å². The third kappa shape index (κ3) is 4.60. The Kier molecular flexibility index (Phi) is 7.04. The number of hydrogen-bond donors (Lipinski definition) is 2. The van der Waals surface area contributed by atoms with E-state index in [1.165, 1.54) is 0 Å². The van der Waals surface area contributed by atoms with Gasteiger partial charge in [0.2, 0.25) is 5.91 Å². The van der Waals surface area contributed by atoms with Gasteiger partial charge in [-0.05, 0) is 37.0 Å². The largest absolute Gasteiger partial charge is 0.391 e. The molecule has 3 aromatic rings. The Hall–Kier alpha value is -3.24. The van der Waals surface area contributed by atoms with Crippen molar-refractivity contribution in [2.45, 2.75) is 57.7 Å². The Morgan fingerprint density at radius 1 is 1.34 bits per heavy atom. The van der Waals surface area contributed by atoms with E-state index in [2.05, 4.69) is 20.4 Å². The summed E-state index contributed by atoms with van der Waals surface area (Å²) in [4.78, 5) is 38.5. The number of nitrogens with one attached hydrogen (secondary N) is 1. The van der Waals surface area contributed by atoms with Crippen molar-refractivity contribution in [2.24, 2.45) is 10.9 Å². The van der Waals surface area contributed by atoms with Gasteiger partial charge in [0.05, 0.1) is 36.0 Å². The summed E-state index contributed by atoms with van der Waals surface area (Å²) < 4.78 is 5.54. The molecule has 2 amide bonds. The Morgan fingerprint density at radius 2 is 2.08 bits per heavy atom. The van der Waals surface area contributed by atoms with Crippen LogP contribution in [-0.4, -0.2) is 71.4 Å². The minimum Gasteiger partial charge on any atom is -0.391 e. The van der Waals surface area contributed by atoms with Crippen LogP contribution in [0.1, 0.15) is 50.1 Å². The van der Waals surface area contributed by atoms with Crippen LogP contribution < -0.4 is 10.9 Å². The van der Waals surface area contributed by atoms with Crippen LogP contribution in [0.15, 0.2) is 45.4 Å². The third-order valence-corrected chi connectivity index (χ3v) is 8.53. The smallest absolute Gasteiger partial charge is 0.277 e. The number of aryl methyl sites for hydroxylation is 1. The van der Waals surface area contributed by atoms with E-state index in [1.807, 2.05) is 64.4 Å². The number of aliphatic hydroxyl groups excluding tert-OH is 1. The predicted octanol–water partition coefficient (Wildman–Crippen LogP) is 0.862. The highest BCUT2D eigenvalue weighted by atomic mass is 32.1. The summed E-state index contributed by atoms with van der Waals surface area (Å²) in [6.07, 6.45) is -0.419. The van der Waals surface area contributed by atoms with Gasteiger partial charge >= 0.3 is 0 Å². The molecular weight excluding hydrogens is 500 g/mol. The Bertz CT molecular complexity index is 1390. The fourth-order valence-corrected chi connectivity index (χ4v) is 6.13. The van der Waals surface area contributed by atoms with E-state index < -0.39 is 23.6 Å². The number of aliphatic hydroxyl groups is 1. The number of amides is 2. The first-order valence-electron chi connectivity index (χ1n) is 13.0. The number of aliphatic imine (C=N–C) groups is 1. The summed E-state index contributed by atoms with van der Waals surface area (Å²) >= 11 is 1.58. The van der Waals surface area contributed by atoms with Gasteiger partial charge in [-0.25, -0.2) is 4.98 Å². The molecule has 4 atom stereocenters. The van der Waals surface area contributed by atoms with Gasteiger partial charge in [0, 0.05) is 18.6 Å². The monoisotopic (exact) mass is 531 g/mol. The zero-order valence-corrected chi connectivity index (χ0v) is 23.1. The molecule has 2 N–H and O–H groups in total. The van der Waals surface area contributed by atoms with Crippen LogP contribution in [0.25, 0.3) is 10.4 Å². The molecule has 38 heavy (non-hydrogen) atoms. The van der Waals surface area contributed by atoms with E-state index in [0.29, 0.717) is 25.2 Å². The quantitative estimate of drug-likeness (QED) is 0.434. The highest BCUT2D eigenvalue weighted by molar-refractivity contribution is 7.13. The van der Waals surface area contributed by atoms with Crippen molar-refractivity contribution in [1.29, 1.82) is 0 Å². The van der Waals surface area contributed by atoms with Crippen molar-refractivity contribution in [3.05, 3.63) is 52.9 Å². The minimum absolute atomic E-state index is 0.0513. The first-order chi connectivity index (χ1) is 18.1. The first kappa shape index (κ1) is 26.4. The average molecular weight is 531 g/mol. The van der Waals surface area contributed by atoms with Gasteiger partial charge in [-0.2, -0.15) is 4.99 Å². The van der Waals surface area contributed by atoms with Crippen LogP contribution in [-0.2, 0) is 15.1 Å². The van der Waals surface area contributed by atoms with Gasteiger partial charge in [-0.15, -0.1) is 11.3 Å². The number of hydrogen-bond acceptors (Lipinski definition) is 8. The zero-order chi connectivity index (χ0) is 27.2. The van der Waals surface area contributed by atoms with Crippen LogP contribution in [0.2, 0.25) is 0 Å². The van der Waals surface area contributed by atoms with Crippen molar-refractivity contribution < 1.29 is 19.2 Å². The molecule has 0 saturated carbocycles. The fourth-order valence-electron chi connectivity index (χ4n) is 5.32. The van der Waals surface area contributed by atoms with Gasteiger partial charge in [0.1, 0.15) is 30.2 Å². The summed E-state index contributed by atoms with van der Waals surface area (Å²) in [5.41, 5.74) is 4.32. The highest BCUT2D eigenvalue weighted by Crippen LogP contribution is 2.35. The molecule has 0 radical (unpaired) electrons. The van der Waals surface area contributed by atoms with Gasteiger partial charge in [-0.3, -0.25) is 9.59 Å². The average Bonchev–Trinajstić information content (AvgIpc) is 3.67. The van der Waals surface area contributed by atoms with Crippen molar-refractivity contribution in [1.82, 2.24) is 20.4 Å². The predicted molar refractivity (Wildman–Crippen MR) is 151 cm³/mol. The number of amidine groups is 1. The topological polar surface area (TPSA) is 121 Å². The number of thiazole rings is 1. The van der Waals surface area contributed by atoms with Gasteiger partial charge in [-0.1, -0.05) is 43.3 Å². The van der Waals surface area contributed by atoms with E-state index in [1.54, 1.807) is 23.2 Å². The highest BCUT2D eigenvalue weighted by Gasteiger charge is 2.48. The lowest BCUT2D eigenvalue weighted by atomic mass is 9.53. The second-order valence-electron chi connectivity index (χ2n) is 10.6. The zero-order valence-electron chi connectivity index (χ0n) is 22.3. The van der Waals surface area contributed by atoms with Crippen LogP contribution >= 0.6 is 11.3 Å². The molecule has 1 aromatic carbocycles. The van der Waals surface area contributed by atoms with Crippen LogP contribution in [0.4, 0.5) is 0 Å². The van der Waals surface area contributed by atoms with Crippen molar-refractivity contribution in [3.8, 4) is 10.4 Å². The molecule has 196 valence electrons. The fraction of sp³-hybridized carbons (Fsp3) is 0.423. The number of carbonyl (C=O) groups excluding carboxylic acids is 2. The summed E-state index contributed by atoms with van der Waals surface area (Å²) in [7, 11) is 2.69. The molecular formula is C26H31B2N5O4S. The van der Waals surface area contributed by atoms with Crippen LogP contribution in [0, 0.1) is 12.8 Å². The van der Waals surface area contributed by atoms with E-state index >= 15 is 0 Å². The lowest BCUT2D eigenvalue weighted by molar-refractivity contribution is -0.134. The van der Waals surface area contributed by atoms with Crippen molar-refractivity contribution in [3.63, 3.8) is 0 Å². The van der Waals surface area contributed by atoms with Crippen molar-refractivity contribution >= 4 is 49.5 Å². The molecule has 9 nitrogen and oxygen atoms in total. The standard InChI is InChI=1S/C26H31B2N5O4S/c1-13(2)21(19-10-20(28-27)32-37-19)24(35)33-11-17(34)9-18(33)23-30-25(36)26(4,31-23)16-7-5-15(6-8-16)22-14(3)29-12-38-22/h5-8,10,12-13,17-18,21,28,34H,9,11,27H2,1-4H3,(H,30,31,36)/t17-,18?,21?,26+/m1/s1. The van der Waals surface area contributed by atoms with Gasteiger partial charge in [0.25, 0.3) is 5.91 Å². The lowest BCUT2D eigenvalue weighted by Gasteiger charge is -2.31. The number of rotatable bonds is 7. The number of nitrogens with zero attached hydrogens (tertiary/aromatic N) is 4. The third-order valence-electron chi connectivity index (χ3n) is 7.55. The second kappa shape index (κ2) is 10.1. The molecule has 2 aliphatic rings. The number of carbonyl (C=O) groups is 2. The maximum atomic E-state index is 13.8. The second-order valence-corrected chi connectivity index (χ2v) is 11.4. The Morgan fingerprint density at radius 3 is 2.68 bits per heavy atom. The summed E-state index contributed by atoms with van der Waals surface area (Å²) in [5.74, 6) is -0.187. The van der Waals surface area contributed by atoms with Crippen LogP contribution in [0.5, 0.6) is 0 Å². The van der Waals surface area contributed by atoms with Gasteiger partial charge in [0.15, 0.2) is 0 Å². The molecule has 2 aliphatic heterocycles.